The first-order chi connectivity index (χ1) is 14.6. The van der Waals surface area contributed by atoms with Crippen molar-refractivity contribution in [1.29, 1.82) is 5.26 Å². The number of carbonyl (C=O) groups is 1. The number of aromatic nitrogens is 2. The van der Waals surface area contributed by atoms with E-state index in [9.17, 15) is 10.1 Å². The molecule has 5 nitrogen and oxygen atoms in total. The van der Waals surface area contributed by atoms with Gasteiger partial charge in [-0.2, -0.15) is 5.26 Å². The van der Waals surface area contributed by atoms with E-state index in [1.54, 1.807) is 0 Å². The van der Waals surface area contributed by atoms with Crippen LogP contribution in [0.3, 0.4) is 0 Å². The third-order valence-corrected chi connectivity index (χ3v) is 6.32. The average Bonchev–Trinajstić information content (AvgIpc) is 2.97. The van der Waals surface area contributed by atoms with Crippen molar-refractivity contribution >= 4 is 34.3 Å². The molecule has 3 aromatic rings. The summed E-state index contributed by atoms with van der Waals surface area (Å²) >= 11 is 1.49. The van der Waals surface area contributed by atoms with Gasteiger partial charge in [0, 0.05) is 28.9 Å². The van der Waals surface area contributed by atoms with Crippen LogP contribution < -0.4 is 5.32 Å². The van der Waals surface area contributed by atoms with E-state index in [1.165, 1.54) is 23.7 Å². The standard InChI is InChI=1S/C24H24N4OS/c1-16-13-22(19-8-5-6-10-21(19)26-16)27-23(29)11-12-30-24-18(15-25)14-17-7-3-2-4-9-20(17)28-24/h5-6,8,10,13-14H,2-4,7,9,11-12H2,1H3,(H,26,27,29). The summed E-state index contributed by atoms with van der Waals surface area (Å²) in [6.45, 7) is 1.92. The number of rotatable bonds is 5. The van der Waals surface area contributed by atoms with Gasteiger partial charge in [-0.3, -0.25) is 9.78 Å². The van der Waals surface area contributed by atoms with Crippen molar-refractivity contribution in [2.45, 2.75) is 50.5 Å². The smallest absolute Gasteiger partial charge is 0.225 e. The first-order valence-electron chi connectivity index (χ1n) is 10.4. The number of para-hydroxylation sites is 1. The Hall–Kier alpha value is -2.91. The number of aryl methyl sites for hydroxylation is 3. The zero-order chi connectivity index (χ0) is 20.9. The molecular weight excluding hydrogens is 392 g/mol. The van der Waals surface area contributed by atoms with Gasteiger partial charge in [0.2, 0.25) is 5.91 Å². The SMILES string of the molecule is Cc1cc(NC(=O)CCSc2nc3c(cc2C#N)CCCCC3)c2ccccc2n1. The Kier molecular flexibility index (Phi) is 6.29. The van der Waals surface area contributed by atoms with Gasteiger partial charge in [0.15, 0.2) is 0 Å². The van der Waals surface area contributed by atoms with E-state index in [-0.39, 0.29) is 5.91 Å². The second-order valence-corrected chi connectivity index (χ2v) is 8.68. The predicted octanol–water partition coefficient (Wildman–Crippen LogP) is 5.20. The van der Waals surface area contributed by atoms with E-state index in [1.807, 2.05) is 43.3 Å². The normalized spacial score (nSPS) is 13.3. The Morgan fingerprint density at radius 1 is 1.17 bits per heavy atom. The van der Waals surface area contributed by atoms with Crippen molar-refractivity contribution < 1.29 is 4.79 Å². The van der Waals surface area contributed by atoms with Crippen LogP contribution in [0.2, 0.25) is 0 Å². The fourth-order valence-corrected chi connectivity index (χ4v) is 4.76. The Bertz CT molecular complexity index is 1140. The lowest BCUT2D eigenvalue weighted by Gasteiger charge is -2.11. The summed E-state index contributed by atoms with van der Waals surface area (Å²) in [5, 5.41) is 14.2. The number of thioether (sulfide) groups is 1. The Morgan fingerprint density at radius 2 is 2.00 bits per heavy atom. The molecular formula is C24H24N4OS. The van der Waals surface area contributed by atoms with Crippen LogP contribution in [-0.4, -0.2) is 21.6 Å². The first-order valence-corrected chi connectivity index (χ1v) is 11.3. The van der Waals surface area contributed by atoms with E-state index in [0.29, 0.717) is 17.7 Å². The van der Waals surface area contributed by atoms with Crippen LogP contribution in [0.5, 0.6) is 0 Å². The first kappa shape index (κ1) is 20.4. The molecule has 0 saturated heterocycles. The monoisotopic (exact) mass is 416 g/mol. The van der Waals surface area contributed by atoms with Crippen molar-refractivity contribution in [1.82, 2.24) is 9.97 Å². The molecule has 0 aliphatic heterocycles. The van der Waals surface area contributed by atoms with Gasteiger partial charge in [0.1, 0.15) is 11.1 Å². The van der Waals surface area contributed by atoms with Gasteiger partial charge in [0.25, 0.3) is 0 Å². The summed E-state index contributed by atoms with van der Waals surface area (Å²) in [5.41, 5.74) is 5.48. The molecule has 6 heteroatoms. The molecule has 1 aliphatic carbocycles. The summed E-state index contributed by atoms with van der Waals surface area (Å²) in [6.07, 6.45) is 5.86. The highest BCUT2D eigenvalue weighted by Gasteiger charge is 2.15. The molecule has 152 valence electrons. The molecule has 0 unspecified atom stereocenters. The Labute approximate surface area is 180 Å². The second-order valence-electron chi connectivity index (χ2n) is 7.59. The van der Waals surface area contributed by atoms with E-state index < -0.39 is 0 Å². The number of benzene rings is 1. The fourth-order valence-electron chi connectivity index (χ4n) is 3.85. The molecule has 1 N–H and O–H groups in total. The molecule has 0 saturated carbocycles. The highest BCUT2D eigenvalue weighted by atomic mass is 32.2. The quantitative estimate of drug-likeness (QED) is 0.457. The zero-order valence-electron chi connectivity index (χ0n) is 17.1. The third-order valence-electron chi connectivity index (χ3n) is 5.32. The van der Waals surface area contributed by atoms with Crippen molar-refractivity contribution in [2.75, 3.05) is 11.1 Å². The molecule has 2 heterocycles. The fraction of sp³-hybridized carbons (Fsp3) is 0.333. The lowest BCUT2D eigenvalue weighted by molar-refractivity contribution is -0.115. The van der Waals surface area contributed by atoms with E-state index >= 15 is 0 Å². The molecule has 0 bridgehead atoms. The van der Waals surface area contributed by atoms with E-state index in [0.717, 1.165) is 58.7 Å². The van der Waals surface area contributed by atoms with Gasteiger partial charge in [-0.05, 0) is 56.4 Å². The molecule has 30 heavy (non-hydrogen) atoms. The molecule has 0 atom stereocenters. The summed E-state index contributed by atoms with van der Waals surface area (Å²) in [5.74, 6) is 0.528. The number of nitriles is 1. The maximum atomic E-state index is 12.6. The highest BCUT2D eigenvalue weighted by Crippen LogP contribution is 2.28. The minimum Gasteiger partial charge on any atom is -0.325 e. The number of nitrogens with one attached hydrogen (secondary N) is 1. The largest absolute Gasteiger partial charge is 0.325 e. The lowest BCUT2D eigenvalue weighted by atomic mass is 10.1. The van der Waals surface area contributed by atoms with Crippen LogP contribution in [0.15, 0.2) is 41.4 Å². The topological polar surface area (TPSA) is 78.7 Å². The predicted molar refractivity (Wildman–Crippen MR) is 121 cm³/mol. The van der Waals surface area contributed by atoms with Gasteiger partial charge in [-0.15, -0.1) is 11.8 Å². The number of amides is 1. The highest BCUT2D eigenvalue weighted by molar-refractivity contribution is 7.99. The maximum absolute atomic E-state index is 12.6. The summed E-state index contributed by atoms with van der Waals surface area (Å²) < 4.78 is 0. The van der Waals surface area contributed by atoms with Crippen molar-refractivity contribution in [3.05, 3.63) is 58.9 Å². The van der Waals surface area contributed by atoms with Crippen LogP contribution in [-0.2, 0) is 17.6 Å². The molecule has 1 aliphatic rings. The number of hydrogen-bond donors (Lipinski definition) is 1. The van der Waals surface area contributed by atoms with Gasteiger partial charge >= 0.3 is 0 Å². The number of anilines is 1. The van der Waals surface area contributed by atoms with Crippen molar-refractivity contribution in [3.63, 3.8) is 0 Å². The molecule has 2 aromatic heterocycles. The zero-order valence-corrected chi connectivity index (χ0v) is 17.9. The Morgan fingerprint density at radius 3 is 2.87 bits per heavy atom. The van der Waals surface area contributed by atoms with Crippen LogP contribution in [0, 0.1) is 18.3 Å². The third kappa shape index (κ3) is 4.63. The molecule has 0 fully saturated rings. The number of nitrogens with zero attached hydrogens (tertiary/aromatic N) is 3. The van der Waals surface area contributed by atoms with Crippen LogP contribution in [0.4, 0.5) is 5.69 Å². The lowest BCUT2D eigenvalue weighted by Crippen LogP contribution is -2.13. The van der Waals surface area contributed by atoms with E-state index in [2.05, 4.69) is 16.4 Å². The summed E-state index contributed by atoms with van der Waals surface area (Å²) in [7, 11) is 0. The minimum atomic E-state index is -0.0495. The van der Waals surface area contributed by atoms with Crippen LogP contribution >= 0.6 is 11.8 Å². The van der Waals surface area contributed by atoms with Gasteiger partial charge in [-0.25, -0.2) is 4.98 Å². The van der Waals surface area contributed by atoms with Gasteiger partial charge in [-0.1, -0.05) is 24.6 Å². The van der Waals surface area contributed by atoms with Gasteiger partial charge < -0.3 is 5.32 Å². The molecule has 0 radical (unpaired) electrons. The van der Waals surface area contributed by atoms with Gasteiger partial charge in [0.05, 0.1) is 16.8 Å². The minimum absolute atomic E-state index is 0.0495. The van der Waals surface area contributed by atoms with Crippen LogP contribution in [0.25, 0.3) is 10.9 Å². The van der Waals surface area contributed by atoms with Crippen molar-refractivity contribution in [2.24, 2.45) is 0 Å². The molecule has 1 aromatic carbocycles. The van der Waals surface area contributed by atoms with Crippen molar-refractivity contribution in [3.8, 4) is 6.07 Å². The van der Waals surface area contributed by atoms with Crippen LogP contribution in [0.1, 0.15) is 48.2 Å². The maximum Gasteiger partial charge on any atom is 0.225 e. The summed E-state index contributed by atoms with van der Waals surface area (Å²) in [4.78, 5) is 21.8. The second kappa shape index (κ2) is 9.27. The Balaban J connectivity index is 1.42. The van der Waals surface area contributed by atoms with E-state index in [4.69, 9.17) is 4.98 Å². The molecule has 4 rings (SSSR count). The number of carbonyl (C=O) groups excluding carboxylic acids is 1. The molecule has 1 amide bonds. The number of pyridine rings is 2. The molecule has 0 spiro atoms. The number of fused-ring (bicyclic) bond motifs is 2. The number of hydrogen-bond acceptors (Lipinski definition) is 5. The summed E-state index contributed by atoms with van der Waals surface area (Å²) in [6, 6.07) is 14.0. The average molecular weight is 417 g/mol.